The summed E-state index contributed by atoms with van der Waals surface area (Å²) in [6.07, 6.45) is 4.03. The SMILES string of the molecule is O=C(COCC(=O)N1CCc2ccccc2C1)Nc1cccnc1. The van der Waals surface area contributed by atoms with Crippen molar-refractivity contribution in [1.82, 2.24) is 9.88 Å². The summed E-state index contributed by atoms with van der Waals surface area (Å²) in [5.74, 6) is -0.404. The maximum absolute atomic E-state index is 12.2. The number of benzene rings is 1. The predicted molar refractivity (Wildman–Crippen MR) is 89.2 cm³/mol. The average molecular weight is 325 g/mol. The normalized spacial score (nSPS) is 13.2. The molecule has 2 aromatic rings. The number of hydrogen-bond acceptors (Lipinski definition) is 4. The van der Waals surface area contributed by atoms with Crippen LogP contribution in [0.3, 0.4) is 0 Å². The lowest BCUT2D eigenvalue weighted by Gasteiger charge is -2.28. The second kappa shape index (κ2) is 7.70. The van der Waals surface area contributed by atoms with Crippen molar-refractivity contribution >= 4 is 17.5 Å². The molecule has 1 N–H and O–H groups in total. The van der Waals surface area contributed by atoms with Gasteiger partial charge in [-0.3, -0.25) is 14.6 Å². The van der Waals surface area contributed by atoms with Gasteiger partial charge in [-0.2, -0.15) is 0 Å². The van der Waals surface area contributed by atoms with Crippen molar-refractivity contribution in [1.29, 1.82) is 0 Å². The second-order valence-corrected chi connectivity index (χ2v) is 5.62. The molecular weight excluding hydrogens is 306 g/mol. The molecule has 0 unspecified atom stereocenters. The van der Waals surface area contributed by atoms with Crippen LogP contribution in [0, 0.1) is 0 Å². The highest BCUT2D eigenvalue weighted by atomic mass is 16.5. The van der Waals surface area contributed by atoms with E-state index < -0.39 is 0 Å². The Balaban J connectivity index is 1.42. The van der Waals surface area contributed by atoms with Gasteiger partial charge in [0.15, 0.2) is 0 Å². The average Bonchev–Trinajstić information content (AvgIpc) is 2.62. The molecule has 124 valence electrons. The Morgan fingerprint density at radius 2 is 1.96 bits per heavy atom. The fraction of sp³-hybridized carbons (Fsp3) is 0.278. The zero-order chi connectivity index (χ0) is 16.8. The summed E-state index contributed by atoms with van der Waals surface area (Å²) in [6, 6.07) is 11.6. The number of rotatable bonds is 5. The number of pyridine rings is 1. The number of nitrogens with zero attached hydrogens (tertiary/aromatic N) is 2. The third kappa shape index (κ3) is 4.17. The van der Waals surface area contributed by atoms with Crippen molar-refractivity contribution in [3.8, 4) is 0 Å². The van der Waals surface area contributed by atoms with Crippen LogP contribution in [0.5, 0.6) is 0 Å². The van der Waals surface area contributed by atoms with Crippen LogP contribution < -0.4 is 5.32 Å². The monoisotopic (exact) mass is 325 g/mol. The van der Waals surface area contributed by atoms with Gasteiger partial charge < -0.3 is 15.0 Å². The Labute approximate surface area is 140 Å². The predicted octanol–water partition coefficient (Wildman–Crippen LogP) is 1.62. The Hall–Kier alpha value is -2.73. The van der Waals surface area contributed by atoms with Gasteiger partial charge in [0.25, 0.3) is 0 Å². The molecule has 0 radical (unpaired) electrons. The van der Waals surface area contributed by atoms with Gasteiger partial charge in [0.1, 0.15) is 13.2 Å². The minimum Gasteiger partial charge on any atom is -0.362 e. The highest BCUT2D eigenvalue weighted by molar-refractivity contribution is 5.91. The van der Waals surface area contributed by atoms with Gasteiger partial charge in [0, 0.05) is 19.3 Å². The zero-order valence-corrected chi connectivity index (χ0v) is 13.3. The molecule has 1 aromatic carbocycles. The van der Waals surface area contributed by atoms with Crippen LogP contribution in [0.2, 0.25) is 0 Å². The molecule has 2 amide bonds. The summed E-state index contributed by atoms with van der Waals surface area (Å²) in [5.41, 5.74) is 3.06. The molecular formula is C18H19N3O3. The first-order valence-electron chi connectivity index (χ1n) is 7.84. The molecule has 3 rings (SSSR count). The van der Waals surface area contributed by atoms with Gasteiger partial charge in [-0.15, -0.1) is 0 Å². The molecule has 0 saturated heterocycles. The van der Waals surface area contributed by atoms with Gasteiger partial charge in [0.2, 0.25) is 11.8 Å². The third-order valence-corrected chi connectivity index (χ3v) is 3.89. The van der Waals surface area contributed by atoms with Gasteiger partial charge in [0.05, 0.1) is 11.9 Å². The van der Waals surface area contributed by atoms with E-state index in [0.29, 0.717) is 18.8 Å². The standard InChI is InChI=1S/C18H19N3O3/c22-17(20-16-6-3-8-19-10-16)12-24-13-18(23)21-9-7-14-4-1-2-5-15(14)11-21/h1-6,8,10H,7,9,11-13H2,(H,20,22). The van der Waals surface area contributed by atoms with E-state index in [1.807, 2.05) is 18.2 Å². The van der Waals surface area contributed by atoms with E-state index in [1.54, 1.807) is 29.4 Å². The van der Waals surface area contributed by atoms with Crippen molar-refractivity contribution in [2.24, 2.45) is 0 Å². The largest absolute Gasteiger partial charge is 0.362 e. The van der Waals surface area contributed by atoms with Crippen molar-refractivity contribution < 1.29 is 14.3 Å². The third-order valence-electron chi connectivity index (χ3n) is 3.89. The number of hydrogen-bond donors (Lipinski definition) is 1. The Morgan fingerprint density at radius 3 is 2.75 bits per heavy atom. The zero-order valence-electron chi connectivity index (χ0n) is 13.3. The second-order valence-electron chi connectivity index (χ2n) is 5.62. The summed E-state index contributed by atoms with van der Waals surface area (Å²) >= 11 is 0. The van der Waals surface area contributed by atoms with E-state index in [9.17, 15) is 9.59 Å². The number of amides is 2. The summed E-state index contributed by atoms with van der Waals surface area (Å²) in [6.45, 7) is 1.02. The summed E-state index contributed by atoms with van der Waals surface area (Å²) in [4.78, 5) is 29.6. The van der Waals surface area contributed by atoms with E-state index in [-0.39, 0.29) is 25.0 Å². The number of carbonyl (C=O) groups excluding carboxylic acids is 2. The van der Waals surface area contributed by atoms with Gasteiger partial charge in [-0.05, 0) is 29.7 Å². The molecule has 24 heavy (non-hydrogen) atoms. The van der Waals surface area contributed by atoms with Crippen LogP contribution in [0.15, 0.2) is 48.8 Å². The van der Waals surface area contributed by atoms with Gasteiger partial charge in [-0.25, -0.2) is 0 Å². The fourth-order valence-electron chi connectivity index (χ4n) is 2.66. The Kier molecular flexibility index (Phi) is 5.18. The molecule has 1 aliphatic rings. The summed E-state index contributed by atoms with van der Waals surface area (Å²) in [5, 5.41) is 2.66. The molecule has 1 aromatic heterocycles. The van der Waals surface area contributed by atoms with E-state index in [1.165, 1.54) is 11.1 Å². The number of aromatic nitrogens is 1. The molecule has 0 atom stereocenters. The highest BCUT2D eigenvalue weighted by Gasteiger charge is 2.20. The molecule has 0 spiro atoms. The van der Waals surface area contributed by atoms with Gasteiger partial charge >= 0.3 is 0 Å². The first-order chi connectivity index (χ1) is 11.7. The highest BCUT2D eigenvalue weighted by Crippen LogP contribution is 2.18. The lowest BCUT2D eigenvalue weighted by molar-refractivity contribution is -0.138. The lowest BCUT2D eigenvalue weighted by atomic mass is 10.00. The van der Waals surface area contributed by atoms with Crippen LogP contribution in [0.1, 0.15) is 11.1 Å². The molecule has 1 aliphatic heterocycles. The fourth-order valence-corrected chi connectivity index (χ4v) is 2.66. The van der Waals surface area contributed by atoms with Crippen LogP contribution in [0.4, 0.5) is 5.69 Å². The van der Waals surface area contributed by atoms with E-state index in [4.69, 9.17) is 4.74 Å². The Morgan fingerprint density at radius 1 is 1.12 bits per heavy atom. The smallest absolute Gasteiger partial charge is 0.250 e. The number of anilines is 1. The van der Waals surface area contributed by atoms with Crippen LogP contribution >= 0.6 is 0 Å². The van der Waals surface area contributed by atoms with E-state index in [0.717, 1.165) is 6.42 Å². The van der Waals surface area contributed by atoms with Gasteiger partial charge in [-0.1, -0.05) is 24.3 Å². The van der Waals surface area contributed by atoms with Crippen LogP contribution in [-0.2, 0) is 27.3 Å². The number of ether oxygens (including phenoxy) is 1. The van der Waals surface area contributed by atoms with E-state index >= 15 is 0 Å². The van der Waals surface area contributed by atoms with Crippen molar-refractivity contribution in [2.45, 2.75) is 13.0 Å². The Bertz CT molecular complexity index is 718. The molecule has 6 nitrogen and oxygen atoms in total. The van der Waals surface area contributed by atoms with Crippen LogP contribution in [0.25, 0.3) is 0 Å². The quantitative estimate of drug-likeness (QED) is 0.907. The molecule has 0 bridgehead atoms. The van der Waals surface area contributed by atoms with Crippen molar-refractivity contribution in [3.63, 3.8) is 0 Å². The molecule has 0 saturated carbocycles. The maximum atomic E-state index is 12.2. The van der Waals surface area contributed by atoms with E-state index in [2.05, 4.69) is 16.4 Å². The molecule has 0 fully saturated rings. The number of fused-ring (bicyclic) bond motifs is 1. The number of carbonyl (C=O) groups is 2. The lowest BCUT2D eigenvalue weighted by Crippen LogP contribution is -2.38. The molecule has 2 heterocycles. The summed E-state index contributed by atoms with van der Waals surface area (Å²) < 4.78 is 5.25. The number of nitrogens with one attached hydrogen (secondary N) is 1. The minimum atomic E-state index is -0.306. The maximum Gasteiger partial charge on any atom is 0.250 e. The van der Waals surface area contributed by atoms with Crippen molar-refractivity contribution in [2.75, 3.05) is 25.1 Å². The first-order valence-corrected chi connectivity index (χ1v) is 7.84. The topological polar surface area (TPSA) is 71.5 Å². The molecule has 6 heteroatoms. The molecule has 0 aliphatic carbocycles. The summed E-state index contributed by atoms with van der Waals surface area (Å²) in [7, 11) is 0. The minimum absolute atomic E-state index is 0.0946. The first kappa shape index (κ1) is 16.1. The van der Waals surface area contributed by atoms with Crippen LogP contribution in [-0.4, -0.2) is 41.5 Å². The van der Waals surface area contributed by atoms with Crippen molar-refractivity contribution in [3.05, 3.63) is 59.9 Å².